The van der Waals surface area contributed by atoms with Crippen molar-refractivity contribution >= 4 is 11.8 Å². The van der Waals surface area contributed by atoms with Gasteiger partial charge in [-0.1, -0.05) is 18.2 Å². The molecule has 5 rings (SSSR count). The molecule has 0 radical (unpaired) electrons. The number of nitrogens with zero attached hydrogens (tertiary/aromatic N) is 2. The number of methoxy groups -OCH3 is 1. The van der Waals surface area contributed by atoms with E-state index in [-0.39, 0.29) is 29.4 Å². The minimum absolute atomic E-state index is 0.0399. The van der Waals surface area contributed by atoms with E-state index in [1.807, 2.05) is 19.1 Å². The van der Waals surface area contributed by atoms with Crippen molar-refractivity contribution in [3.05, 3.63) is 74.7 Å². The van der Waals surface area contributed by atoms with E-state index in [0.29, 0.717) is 31.1 Å². The van der Waals surface area contributed by atoms with Crippen LogP contribution < -0.4 is 10.7 Å². The van der Waals surface area contributed by atoms with Crippen LogP contribution in [0.15, 0.2) is 35.1 Å². The van der Waals surface area contributed by atoms with Crippen molar-refractivity contribution in [1.29, 1.82) is 0 Å². The number of nitrogens with one attached hydrogen (secondary N) is 1. The summed E-state index contributed by atoms with van der Waals surface area (Å²) in [5.74, 6) is -3.69. The highest BCUT2D eigenvalue weighted by atomic mass is 19.1. The molecule has 34 heavy (non-hydrogen) atoms. The quantitative estimate of drug-likeness (QED) is 0.663. The van der Waals surface area contributed by atoms with E-state index in [9.17, 15) is 28.3 Å². The molecule has 8 nitrogen and oxygen atoms in total. The highest BCUT2D eigenvalue weighted by Gasteiger charge is 2.55. The highest BCUT2D eigenvalue weighted by Crippen LogP contribution is 2.46. The van der Waals surface area contributed by atoms with Gasteiger partial charge in [0.25, 0.3) is 11.8 Å². The Hall–Kier alpha value is -3.53. The minimum atomic E-state index is -0.960. The Morgan fingerprint density at radius 2 is 2.06 bits per heavy atom. The second kappa shape index (κ2) is 7.76. The van der Waals surface area contributed by atoms with Gasteiger partial charge in [0, 0.05) is 43.6 Å². The summed E-state index contributed by atoms with van der Waals surface area (Å²) in [5, 5.41) is 13.3. The van der Waals surface area contributed by atoms with Crippen LogP contribution in [0.3, 0.4) is 0 Å². The smallest absolute Gasteiger partial charge is 0.275 e. The number of benzene rings is 1. The van der Waals surface area contributed by atoms with Gasteiger partial charge in [-0.2, -0.15) is 0 Å². The standard InChI is InChI=1S/C24H23F2N3O5/c1-12-3-6-17(34-2)24-8-7-16-18(22(32)27-10-13-4-5-14(25)9-15(13)26)20(30)21(31)19(29(16)24)23(33)28(12)11-24/h3-6,9,12,17,31H,7-8,10-11H2,1-2H3,(H,27,32). The molecule has 10 heteroatoms. The highest BCUT2D eigenvalue weighted by molar-refractivity contribution is 6.01. The largest absolute Gasteiger partial charge is 0.503 e. The number of rotatable bonds is 4. The Labute approximate surface area is 193 Å². The van der Waals surface area contributed by atoms with Gasteiger partial charge in [0.1, 0.15) is 23.3 Å². The van der Waals surface area contributed by atoms with Crippen molar-refractivity contribution in [3.63, 3.8) is 0 Å². The first-order valence-corrected chi connectivity index (χ1v) is 10.9. The lowest BCUT2D eigenvalue weighted by molar-refractivity contribution is -0.00156. The molecule has 3 atom stereocenters. The Bertz CT molecular complexity index is 1320. The fourth-order valence-corrected chi connectivity index (χ4v) is 5.43. The van der Waals surface area contributed by atoms with Crippen LogP contribution in [0.5, 0.6) is 5.75 Å². The number of hydrogen-bond acceptors (Lipinski definition) is 5. The minimum Gasteiger partial charge on any atom is -0.503 e. The van der Waals surface area contributed by atoms with E-state index in [2.05, 4.69) is 5.32 Å². The molecule has 3 aliphatic heterocycles. The monoisotopic (exact) mass is 471 g/mol. The summed E-state index contributed by atoms with van der Waals surface area (Å²) in [5.41, 5.74) is -1.83. The summed E-state index contributed by atoms with van der Waals surface area (Å²) in [6.07, 6.45) is 4.05. The summed E-state index contributed by atoms with van der Waals surface area (Å²) in [6, 6.07) is 2.69. The number of fused-ring (bicyclic) bond motifs is 1. The van der Waals surface area contributed by atoms with Gasteiger partial charge < -0.3 is 24.6 Å². The summed E-state index contributed by atoms with van der Waals surface area (Å²) in [4.78, 5) is 41.1. The molecule has 0 saturated carbocycles. The van der Waals surface area contributed by atoms with E-state index in [1.54, 1.807) is 16.6 Å². The first-order chi connectivity index (χ1) is 16.2. The molecule has 178 valence electrons. The second-order valence-corrected chi connectivity index (χ2v) is 8.92. The zero-order chi connectivity index (χ0) is 24.4. The maximum atomic E-state index is 14.0. The predicted octanol–water partition coefficient (Wildman–Crippen LogP) is 1.83. The number of halogens is 2. The van der Waals surface area contributed by atoms with Crippen LogP contribution in [0.2, 0.25) is 0 Å². The lowest BCUT2D eigenvalue weighted by Gasteiger charge is -2.46. The molecular weight excluding hydrogens is 448 g/mol. The average Bonchev–Trinajstić information content (AvgIpc) is 3.11. The number of hydrogen-bond donors (Lipinski definition) is 2. The number of amides is 2. The van der Waals surface area contributed by atoms with Crippen LogP contribution in [0.4, 0.5) is 8.78 Å². The summed E-state index contributed by atoms with van der Waals surface area (Å²) >= 11 is 0. The number of ether oxygens (including phenoxy) is 1. The first-order valence-electron chi connectivity index (χ1n) is 10.9. The van der Waals surface area contributed by atoms with Crippen molar-refractivity contribution in [3.8, 4) is 5.75 Å². The van der Waals surface area contributed by atoms with Gasteiger partial charge in [-0.05, 0) is 25.8 Å². The fourth-order valence-electron chi connectivity index (χ4n) is 5.43. The molecule has 2 N–H and O–H groups in total. The van der Waals surface area contributed by atoms with Crippen LogP contribution >= 0.6 is 0 Å². The van der Waals surface area contributed by atoms with Crippen molar-refractivity contribution in [1.82, 2.24) is 14.8 Å². The lowest BCUT2D eigenvalue weighted by atomic mass is 9.87. The van der Waals surface area contributed by atoms with Crippen molar-refractivity contribution < 1.29 is 28.2 Å². The predicted molar refractivity (Wildman–Crippen MR) is 117 cm³/mol. The van der Waals surface area contributed by atoms with Gasteiger partial charge in [0.2, 0.25) is 5.43 Å². The molecule has 4 heterocycles. The third-order valence-electron chi connectivity index (χ3n) is 7.12. The lowest BCUT2D eigenvalue weighted by Crippen LogP contribution is -2.59. The molecule has 2 bridgehead atoms. The van der Waals surface area contributed by atoms with E-state index in [4.69, 9.17) is 4.74 Å². The Balaban J connectivity index is 1.62. The maximum absolute atomic E-state index is 14.0. The van der Waals surface area contributed by atoms with Gasteiger partial charge in [0.05, 0.1) is 5.54 Å². The normalized spacial score (nSPS) is 24.7. The molecule has 2 amide bonds. The summed E-state index contributed by atoms with van der Waals surface area (Å²) < 4.78 is 34.5. The maximum Gasteiger partial charge on any atom is 0.275 e. The van der Waals surface area contributed by atoms with E-state index < -0.39 is 46.3 Å². The number of carbonyl (C=O) groups is 2. The first kappa shape index (κ1) is 22.3. The molecule has 3 aliphatic rings. The molecule has 0 saturated heterocycles. The molecule has 2 aromatic rings. The fraction of sp³-hybridized carbons (Fsp3) is 0.375. The molecule has 0 fully saturated rings. The topological polar surface area (TPSA) is 101 Å². The summed E-state index contributed by atoms with van der Waals surface area (Å²) in [7, 11) is 1.55. The van der Waals surface area contributed by atoms with Crippen LogP contribution in [0.1, 0.15) is 45.4 Å². The number of aromatic hydroxyl groups is 1. The van der Waals surface area contributed by atoms with E-state index in [1.165, 1.54) is 6.07 Å². The molecule has 1 aromatic carbocycles. The molecule has 0 aliphatic carbocycles. The van der Waals surface area contributed by atoms with Crippen LogP contribution in [-0.2, 0) is 23.2 Å². The third kappa shape index (κ3) is 3.01. The average molecular weight is 471 g/mol. The van der Waals surface area contributed by atoms with Crippen molar-refractivity contribution in [2.24, 2.45) is 0 Å². The molecule has 1 aromatic heterocycles. The van der Waals surface area contributed by atoms with E-state index in [0.717, 1.165) is 6.07 Å². The Morgan fingerprint density at radius 1 is 1.29 bits per heavy atom. The van der Waals surface area contributed by atoms with Crippen LogP contribution in [-0.4, -0.2) is 52.2 Å². The second-order valence-electron chi connectivity index (χ2n) is 8.92. The third-order valence-corrected chi connectivity index (χ3v) is 7.12. The number of aromatic nitrogens is 1. The van der Waals surface area contributed by atoms with Gasteiger partial charge in [-0.25, -0.2) is 8.78 Å². The van der Waals surface area contributed by atoms with Crippen LogP contribution in [0, 0.1) is 11.6 Å². The zero-order valence-electron chi connectivity index (χ0n) is 18.6. The zero-order valence-corrected chi connectivity index (χ0v) is 18.6. The van der Waals surface area contributed by atoms with Crippen molar-refractivity contribution in [2.75, 3.05) is 13.7 Å². The van der Waals surface area contributed by atoms with Crippen molar-refractivity contribution in [2.45, 2.75) is 44.0 Å². The Morgan fingerprint density at radius 3 is 2.76 bits per heavy atom. The molecular formula is C24H23F2N3O5. The van der Waals surface area contributed by atoms with Gasteiger partial charge in [-0.15, -0.1) is 0 Å². The van der Waals surface area contributed by atoms with E-state index >= 15 is 0 Å². The molecule has 3 unspecified atom stereocenters. The van der Waals surface area contributed by atoms with Gasteiger partial charge >= 0.3 is 0 Å². The summed E-state index contributed by atoms with van der Waals surface area (Å²) in [6.45, 7) is 1.85. The number of carbonyl (C=O) groups excluding carboxylic acids is 2. The molecule has 1 spiro atoms. The number of pyridine rings is 1. The van der Waals surface area contributed by atoms with Gasteiger partial charge in [-0.3, -0.25) is 14.4 Å². The SMILES string of the molecule is COC1C=CC(C)N2CC13CCc1c(C(=O)NCc4ccc(F)cc4F)c(=O)c(O)c(n13)C2=O. The Kier molecular flexibility index (Phi) is 5.09. The van der Waals surface area contributed by atoms with Crippen LogP contribution in [0.25, 0.3) is 0 Å². The van der Waals surface area contributed by atoms with Gasteiger partial charge in [0.15, 0.2) is 11.4 Å².